The molecule has 0 spiro atoms. The van der Waals surface area contributed by atoms with Crippen LogP contribution in [0, 0.1) is 23.0 Å². The SMILES string of the molecule is N#Cc1c(F)cccc1N1C[C@@H](O)C[C@H]1c1ccc(F)cc1. The van der Waals surface area contributed by atoms with Crippen LogP contribution in [0.3, 0.4) is 0 Å². The predicted molar refractivity (Wildman–Crippen MR) is 78.2 cm³/mol. The molecule has 5 heteroatoms. The zero-order valence-corrected chi connectivity index (χ0v) is 11.7. The molecule has 0 aromatic heterocycles. The van der Waals surface area contributed by atoms with Gasteiger partial charge in [-0.25, -0.2) is 8.78 Å². The molecule has 1 aliphatic rings. The molecule has 0 saturated carbocycles. The first kappa shape index (κ1) is 14.5. The minimum absolute atomic E-state index is 0.0382. The summed E-state index contributed by atoms with van der Waals surface area (Å²) in [6, 6.07) is 12.1. The summed E-state index contributed by atoms with van der Waals surface area (Å²) in [5.74, 6) is -0.920. The van der Waals surface area contributed by atoms with E-state index in [0.29, 0.717) is 18.7 Å². The molecule has 1 saturated heterocycles. The van der Waals surface area contributed by atoms with Crippen LogP contribution in [0.1, 0.15) is 23.6 Å². The number of hydrogen-bond donors (Lipinski definition) is 1. The van der Waals surface area contributed by atoms with Crippen molar-refractivity contribution in [3.63, 3.8) is 0 Å². The highest BCUT2D eigenvalue weighted by molar-refractivity contribution is 5.62. The van der Waals surface area contributed by atoms with Crippen molar-refractivity contribution in [3.8, 4) is 6.07 Å². The second kappa shape index (κ2) is 5.74. The number of β-amino-alcohol motifs (C(OH)–C–C–N with tert-alkyl or cyclic N) is 1. The fraction of sp³-hybridized carbons (Fsp3) is 0.235. The minimum Gasteiger partial charge on any atom is -0.391 e. The first-order chi connectivity index (χ1) is 10.6. The maximum absolute atomic E-state index is 13.8. The summed E-state index contributed by atoms with van der Waals surface area (Å²) >= 11 is 0. The van der Waals surface area contributed by atoms with E-state index < -0.39 is 11.9 Å². The van der Waals surface area contributed by atoms with Crippen molar-refractivity contribution in [1.82, 2.24) is 0 Å². The Morgan fingerprint density at radius 2 is 1.86 bits per heavy atom. The molecule has 22 heavy (non-hydrogen) atoms. The number of anilines is 1. The third-order valence-corrected chi connectivity index (χ3v) is 3.95. The number of aliphatic hydroxyl groups excluding tert-OH is 1. The lowest BCUT2D eigenvalue weighted by atomic mass is 10.0. The van der Waals surface area contributed by atoms with Crippen LogP contribution in [-0.4, -0.2) is 17.8 Å². The summed E-state index contributed by atoms with van der Waals surface area (Å²) < 4.78 is 26.9. The number of rotatable bonds is 2. The smallest absolute Gasteiger partial charge is 0.143 e. The van der Waals surface area contributed by atoms with Crippen molar-refractivity contribution in [1.29, 1.82) is 5.26 Å². The fourth-order valence-corrected chi connectivity index (χ4v) is 2.94. The summed E-state index contributed by atoms with van der Waals surface area (Å²) in [7, 11) is 0. The molecule has 1 heterocycles. The molecule has 0 radical (unpaired) electrons. The quantitative estimate of drug-likeness (QED) is 0.927. The third-order valence-electron chi connectivity index (χ3n) is 3.95. The Hall–Kier alpha value is -2.45. The van der Waals surface area contributed by atoms with Gasteiger partial charge in [0, 0.05) is 6.54 Å². The van der Waals surface area contributed by atoms with Gasteiger partial charge in [0.25, 0.3) is 0 Å². The van der Waals surface area contributed by atoms with Gasteiger partial charge in [0.15, 0.2) is 0 Å². The Kier molecular flexibility index (Phi) is 3.78. The monoisotopic (exact) mass is 300 g/mol. The Labute approximate surface area is 127 Å². The second-order valence-corrected chi connectivity index (χ2v) is 5.36. The summed E-state index contributed by atoms with van der Waals surface area (Å²) in [6.45, 7) is 0.306. The first-order valence-corrected chi connectivity index (χ1v) is 6.99. The van der Waals surface area contributed by atoms with E-state index in [1.54, 1.807) is 23.1 Å². The van der Waals surface area contributed by atoms with Gasteiger partial charge in [-0.2, -0.15) is 5.26 Å². The number of benzene rings is 2. The average Bonchev–Trinajstić information content (AvgIpc) is 2.89. The van der Waals surface area contributed by atoms with Gasteiger partial charge in [0.2, 0.25) is 0 Å². The molecule has 0 amide bonds. The molecule has 1 N–H and O–H groups in total. The topological polar surface area (TPSA) is 47.3 Å². The predicted octanol–water partition coefficient (Wildman–Crippen LogP) is 3.15. The summed E-state index contributed by atoms with van der Waals surface area (Å²) in [5.41, 5.74) is 1.24. The lowest BCUT2D eigenvalue weighted by Crippen LogP contribution is -2.25. The van der Waals surface area contributed by atoms with Gasteiger partial charge in [-0.05, 0) is 36.2 Å². The van der Waals surface area contributed by atoms with Gasteiger partial charge in [0.05, 0.1) is 17.8 Å². The molecular formula is C17H14F2N2O. The summed E-state index contributed by atoms with van der Waals surface area (Å²) in [5, 5.41) is 19.2. The molecular weight excluding hydrogens is 286 g/mol. The standard InChI is InChI=1S/C17H14F2N2O/c18-12-6-4-11(5-7-12)17-8-13(22)10-21(17)16-3-1-2-15(19)14(16)9-20/h1-7,13,17,22H,8,10H2/t13-,17-/m0/s1. The van der Waals surface area contributed by atoms with Gasteiger partial charge in [-0.1, -0.05) is 18.2 Å². The highest BCUT2D eigenvalue weighted by Crippen LogP contribution is 2.38. The van der Waals surface area contributed by atoms with E-state index in [-0.39, 0.29) is 17.4 Å². The van der Waals surface area contributed by atoms with Crippen molar-refractivity contribution < 1.29 is 13.9 Å². The van der Waals surface area contributed by atoms with Crippen LogP contribution in [0.15, 0.2) is 42.5 Å². The number of nitrogens with zero attached hydrogens (tertiary/aromatic N) is 2. The Bertz CT molecular complexity index is 724. The maximum atomic E-state index is 13.8. The second-order valence-electron chi connectivity index (χ2n) is 5.36. The molecule has 3 nitrogen and oxygen atoms in total. The maximum Gasteiger partial charge on any atom is 0.143 e. The van der Waals surface area contributed by atoms with E-state index in [4.69, 9.17) is 0 Å². The van der Waals surface area contributed by atoms with Crippen molar-refractivity contribution in [2.45, 2.75) is 18.6 Å². The van der Waals surface area contributed by atoms with Crippen LogP contribution >= 0.6 is 0 Å². The number of nitriles is 1. The van der Waals surface area contributed by atoms with E-state index in [9.17, 15) is 19.1 Å². The van der Waals surface area contributed by atoms with Gasteiger partial charge in [-0.3, -0.25) is 0 Å². The molecule has 1 fully saturated rings. The van der Waals surface area contributed by atoms with Crippen LogP contribution in [0.4, 0.5) is 14.5 Å². The Morgan fingerprint density at radius 1 is 1.14 bits per heavy atom. The molecule has 2 aromatic rings. The van der Waals surface area contributed by atoms with Crippen LogP contribution in [0.5, 0.6) is 0 Å². The molecule has 2 atom stereocenters. The van der Waals surface area contributed by atoms with E-state index in [1.165, 1.54) is 24.3 Å². The van der Waals surface area contributed by atoms with Gasteiger partial charge < -0.3 is 10.0 Å². The fourth-order valence-electron chi connectivity index (χ4n) is 2.94. The van der Waals surface area contributed by atoms with E-state index in [2.05, 4.69) is 0 Å². The Morgan fingerprint density at radius 3 is 2.55 bits per heavy atom. The van der Waals surface area contributed by atoms with Gasteiger partial charge >= 0.3 is 0 Å². The number of hydrogen-bond acceptors (Lipinski definition) is 3. The highest BCUT2D eigenvalue weighted by Gasteiger charge is 2.33. The van der Waals surface area contributed by atoms with Crippen molar-refractivity contribution >= 4 is 5.69 Å². The molecule has 3 rings (SSSR count). The van der Waals surface area contributed by atoms with Crippen LogP contribution < -0.4 is 4.90 Å². The lowest BCUT2D eigenvalue weighted by Gasteiger charge is -2.27. The normalized spacial score (nSPS) is 20.9. The van der Waals surface area contributed by atoms with E-state index >= 15 is 0 Å². The molecule has 0 bridgehead atoms. The zero-order valence-electron chi connectivity index (χ0n) is 11.7. The number of aliphatic hydroxyl groups is 1. The molecule has 112 valence electrons. The molecule has 2 aromatic carbocycles. The van der Waals surface area contributed by atoms with E-state index in [0.717, 1.165) is 5.56 Å². The van der Waals surface area contributed by atoms with Gasteiger partial charge in [-0.15, -0.1) is 0 Å². The summed E-state index contributed by atoms with van der Waals surface area (Å²) in [6.07, 6.45) is -0.127. The molecule has 1 aliphatic heterocycles. The minimum atomic E-state index is -0.584. The average molecular weight is 300 g/mol. The number of halogens is 2. The Balaban J connectivity index is 2.03. The van der Waals surface area contributed by atoms with Gasteiger partial charge in [0.1, 0.15) is 23.3 Å². The molecule has 0 aliphatic carbocycles. The highest BCUT2D eigenvalue weighted by atomic mass is 19.1. The van der Waals surface area contributed by atoms with Crippen LogP contribution in [-0.2, 0) is 0 Å². The van der Waals surface area contributed by atoms with Crippen molar-refractivity contribution in [3.05, 3.63) is 65.2 Å². The lowest BCUT2D eigenvalue weighted by molar-refractivity contribution is 0.194. The van der Waals surface area contributed by atoms with Crippen LogP contribution in [0.2, 0.25) is 0 Å². The van der Waals surface area contributed by atoms with E-state index in [1.807, 2.05) is 6.07 Å². The summed E-state index contributed by atoms with van der Waals surface area (Å²) in [4.78, 5) is 1.81. The molecule has 0 unspecified atom stereocenters. The van der Waals surface area contributed by atoms with Crippen molar-refractivity contribution in [2.24, 2.45) is 0 Å². The third kappa shape index (κ3) is 2.53. The van der Waals surface area contributed by atoms with Crippen molar-refractivity contribution in [2.75, 3.05) is 11.4 Å². The first-order valence-electron chi connectivity index (χ1n) is 6.99. The zero-order chi connectivity index (χ0) is 15.7. The van der Waals surface area contributed by atoms with Crippen LogP contribution in [0.25, 0.3) is 0 Å². The largest absolute Gasteiger partial charge is 0.391 e.